The molecule has 27 heavy (non-hydrogen) atoms. The molecular formula is C22H25N3O2. The van der Waals surface area contributed by atoms with Gasteiger partial charge in [0.15, 0.2) is 5.78 Å². The molecule has 1 aromatic heterocycles. The fourth-order valence-corrected chi connectivity index (χ4v) is 4.03. The minimum absolute atomic E-state index is 0.0512. The minimum atomic E-state index is 0.0512. The van der Waals surface area contributed by atoms with Crippen LogP contribution in [-0.4, -0.2) is 28.0 Å². The third kappa shape index (κ3) is 3.60. The number of fused-ring (bicyclic) bond motifs is 1. The van der Waals surface area contributed by atoms with E-state index in [4.69, 9.17) is 0 Å². The second kappa shape index (κ2) is 7.92. The molecule has 1 fully saturated rings. The summed E-state index contributed by atoms with van der Waals surface area (Å²) in [5.41, 5.74) is 2.76. The summed E-state index contributed by atoms with van der Waals surface area (Å²) in [5.74, 6) is 0.130. The Kier molecular flexibility index (Phi) is 5.21. The number of nitrogens with one attached hydrogen (secondary N) is 1. The SMILES string of the molecule is O=C(CCCn1c(=O)n(C2CCNCC2)c2ccccc21)c1ccccc1. The summed E-state index contributed by atoms with van der Waals surface area (Å²) >= 11 is 0. The van der Waals surface area contributed by atoms with Crippen LogP contribution in [0.2, 0.25) is 0 Å². The zero-order valence-electron chi connectivity index (χ0n) is 15.4. The summed E-state index contributed by atoms with van der Waals surface area (Å²) in [5, 5.41) is 3.36. The van der Waals surface area contributed by atoms with Gasteiger partial charge >= 0.3 is 5.69 Å². The van der Waals surface area contributed by atoms with Crippen LogP contribution in [0.4, 0.5) is 0 Å². The zero-order valence-corrected chi connectivity index (χ0v) is 15.4. The van der Waals surface area contributed by atoms with Crippen LogP contribution in [0, 0.1) is 0 Å². The molecule has 0 aliphatic carbocycles. The van der Waals surface area contributed by atoms with Gasteiger partial charge in [-0.15, -0.1) is 0 Å². The Morgan fingerprint density at radius 2 is 1.63 bits per heavy atom. The number of rotatable bonds is 6. The van der Waals surface area contributed by atoms with Gasteiger partial charge < -0.3 is 5.32 Å². The molecule has 0 saturated carbocycles. The summed E-state index contributed by atoms with van der Waals surface area (Å²) < 4.78 is 3.81. The molecular weight excluding hydrogens is 338 g/mol. The molecule has 0 bridgehead atoms. The van der Waals surface area contributed by atoms with E-state index in [9.17, 15) is 9.59 Å². The fraction of sp³-hybridized carbons (Fsp3) is 0.364. The molecule has 1 N–H and O–H groups in total. The number of Topliss-reactive ketones (excluding diaryl/α,β-unsaturated/α-hetero) is 1. The summed E-state index contributed by atoms with van der Waals surface area (Å²) in [6.45, 7) is 2.46. The minimum Gasteiger partial charge on any atom is -0.317 e. The first-order chi connectivity index (χ1) is 13.3. The third-order valence-electron chi connectivity index (χ3n) is 5.42. The molecule has 2 aromatic carbocycles. The van der Waals surface area contributed by atoms with Gasteiger partial charge in [-0.1, -0.05) is 42.5 Å². The number of aryl methyl sites for hydroxylation is 1. The molecule has 0 atom stereocenters. The number of benzene rings is 2. The lowest BCUT2D eigenvalue weighted by atomic mass is 10.1. The largest absolute Gasteiger partial charge is 0.329 e. The molecule has 1 saturated heterocycles. The first-order valence-electron chi connectivity index (χ1n) is 9.74. The quantitative estimate of drug-likeness (QED) is 0.683. The van der Waals surface area contributed by atoms with Gasteiger partial charge in [0.25, 0.3) is 0 Å². The average Bonchev–Trinajstić information content (AvgIpc) is 3.01. The molecule has 3 aromatic rings. The monoisotopic (exact) mass is 363 g/mol. The van der Waals surface area contributed by atoms with Gasteiger partial charge in [0, 0.05) is 24.6 Å². The van der Waals surface area contributed by atoms with Gasteiger partial charge in [-0.3, -0.25) is 13.9 Å². The number of aromatic nitrogens is 2. The number of hydrogen-bond acceptors (Lipinski definition) is 3. The molecule has 2 heterocycles. The van der Waals surface area contributed by atoms with Crippen LogP contribution in [-0.2, 0) is 6.54 Å². The number of carbonyl (C=O) groups excluding carboxylic acids is 1. The maximum absolute atomic E-state index is 13.2. The first-order valence-corrected chi connectivity index (χ1v) is 9.74. The number of hydrogen-bond donors (Lipinski definition) is 1. The van der Waals surface area contributed by atoms with Crippen molar-refractivity contribution < 1.29 is 4.79 Å². The van der Waals surface area contributed by atoms with Crippen molar-refractivity contribution in [1.82, 2.24) is 14.5 Å². The highest BCUT2D eigenvalue weighted by atomic mass is 16.2. The van der Waals surface area contributed by atoms with Crippen LogP contribution in [0.3, 0.4) is 0 Å². The molecule has 0 radical (unpaired) electrons. The molecule has 0 unspecified atom stereocenters. The van der Waals surface area contributed by atoms with E-state index >= 15 is 0 Å². The van der Waals surface area contributed by atoms with E-state index in [1.807, 2.05) is 63.7 Å². The Balaban J connectivity index is 1.56. The number of para-hydroxylation sites is 2. The summed E-state index contributed by atoms with van der Waals surface area (Å²) in [6.07, 6.45) is 3.05. The van der Waals surface area contributed by atoms with Gasteiger partial charge in [-0.2, -0.15) is 0 Å². The van der Waals surface area contributed by atoms with Gasteiger partial charge in [-0.25, -0.2) is 4.79 Å². The van der Waals surface area contributed by atoms with Crippen molar-refractivity contribution in [2.24, 2.45) is 0 Å². The fourth-order valence-electron chi connectivity index (χ4n) is 4.03. The predicted molar refractivity (Wildman–Crippen MR) is 107 cm³/mol. The van der Waals surface area contributed by atoms with E-state index in [1.54, 1.807) is 0 Å². The molecule has 0 amide bonds. The van der Waals surface area contributed by atoms with E-state index in [0.29, 0.717) is 19.4 Å². The Hall–Kier alpha value is -2.66. The average molecular weight is 363 g/mol. The van der Waals surface area contributed by atoms with Crippen molar-refractivity contribution in [2.45, 2.75) is 38.3 Å². The predicted octanol–water partition coefficient (Wildman–Crippen LogP) is 3.39. The Morgan fingerprint density at radius 1 is 0.963 bits per heavy atom. The molecule has 1 aliphatic heterocycles. The molecule has 4 rings (SSSR count). The Morgan fingerprint density at radius 3 is 2.37 bits per heavy atom. The summed E-state index contributed by atoms with van der Waals surface area (Å²) in [6, 6.07) is 17.6. The van der Waals surface area contributed by atoms with Gasteiger partial charge in [0.2, 0.25) is 0 Å². The normalized spacial score (nSPS) is 15.3. The number of carbonyl (C=O) groups is 1. The second-order valence-electron chi connectivity index (χ2n) is 7.17. The number of ketones is 1. The van der Waals surface area contributed by atoms with Crippen LogP contribution in [0.5, 0.6) is 0 Å². The number of nitrogens with zero attached hydrogens (tertiary/aromatic N) is 2. The Bertz CT molecular complexity index is 982. The van der Waals surface area contributed by atoms with Gasteiger partial charge in [0.05, 0.1) is 11.0 Å². The highest BCUT2D eigenvalue weighted by Crippen LogP contribution is 2.23. The number of piperidine rings is 1. The zero-order chi connectivity index (χ0) is 18.6. The topological polar surface area (TPSA) is 56.0 Å². The van der Waals surface area contributed by atoms with E-state index in [-0.39, 0.29) is 17.5 Å². The second-order valence-corrected chi connectivity index (χ2v) is 7.17. The van der Waals surface area contributed by atoms with Crippen molar-refractivity contribution in [2.75, 3.05) is 13.1 Å². The maximum atomic E-state index is 13.2. The summed E-state index contributed by atoms with van der Waals surface area (Å²) in [7, 11) is 0. The van der Waals surface area contributed by atoms with Gasteiger partial charge in [-0.05, 0) is 44.5 Å². The van der Waals surface area contributed by atoms with Crippen molar-refractivity contribution in [3.8, 4) is 0 Å². The lowest BCUT2D eigenvalue weighted by Crippen LogP contribution is -2.35. The smallest absolute Gasteiger partial charge is 0.317 e. The van der Waals surface area contributed by atoms with E-state index in [1.165, 1.54) is 0 Å². The van der Waals surface area contributed by atoms with Crippen LogP contribution in [0.15, 0.2) is 59.4 Å². The Labute approximate surface area is 158 Å². The van der Waals surface area contributed by atoms with Crippen molar-refractivity contribution in [3.05, 3.63) is 70.6 Å². The van der Waals surface area contributed by atoms with Crippen molar-refractivity contribution in [1.29, 1.82) is 0 Å². The van der Waals surface area contributed by atoms with Gasteiger partial charge in [0.1, 0.15) is 0 Å². The maximum Gasteiger partial charge on any atom is 0.329 e. The highest BCUT2D eigenvalue weighted by Gasteiger charge is 2.22. The van der Waals surface area contributed by atoms with Crippen molar-refractivity contribution in [3.63, 3.8) is 0 Å². The van der Waals surface area contributed by atoms with Crippen LogP contribution >= 0.6 is 0 Å². The molecule has 5 heteroatoms. The highest BCUT2D eigenvalue weighted by molar-refractivity contribution is 5.95. The standard InChI is InChI=1S/C22H25N3O2/c26-21(17-7-2-1-3-8-17)11-6-16-24-19-9-4-5-10-20(19)25(22(24)27)18-12-14-23-15-13-18/h1-5,7-10,18,23H,6,11-16H2. The molecule has 0 spiro atoms. The summed E-state index contributed by atoms with van der Waals surface area (Å²) in [4.78, 5) is 25.5. The van der Waals surface area contributed by atoms with E-state index < -0.39 is 0 Å². The molecule has 140 valence electrons. The van der Waals surface area contributed by atoms with Crippen LogP contribution in [0.25, 0.3) is 11.0 Å². The first kappa shape index (κ1) is 17.7. The van der Waals surface area contributed by atoms with Crippen molar-refractivity contribution >= 4 is 16.8 Å². The van der Waals surface area contributed by atoms with Crippen LogP contribution < -0.4 is 11.0 Å². The lowest BCUT2D eigenvalue weighted by molar-refractivity contribution is 0.0978. The van der Waals surface area contributed by atoms with E-state index in [2.05, 4.69) is 5.32 Å². The number of imidazole rings is 1. The third-order valence-corrected chi connectivity index (χ3v) is 5.42. The van der Waals surface area contributed by atoms with Crippen LogP contribution in [0.1, 0.15) is 42.1 Å². The van der Waals surface area contributed by atoms with E-state index in [0.717, 1.165) is 42.5 Å². The molecule has 1 aliphatic rings. The lowest BCUT2D eigenvalue weighted by Gasteiger charge is -2.23. The molecule has 5 nitrogen and oxygen atoms in total.